The van der Waals surface area contributed by atoms with Crippen LogP contribution in [-0.4, -0.2) is 34.1 Å². The number of nitrogens with zero attached hydrogens (tertiary/aromatic N) is 3. The molecule has 0 unspecified atom stereocenters. The summed E-state index contributed by atoms with van der Waals surface area (Å²) in [4.78, 5) is 18.5. The lowest BCUT2D eigenvalue weighted by Crippen LogP contribution is -2.37. The van der Waals surface area contributed by atoms with E-state index in [1.54, 1.807) is 14.0 Å². The average molecular weight is 365 g/mol. The molecule has 2 aromatic carbocycles. The average Bonchev–Trinajstić information content (AvgIpc) is 3.17. The first-order valence-electron chi connectivity index (χ1n) is 8.96. The number of rotatable bonds is 7. The summed E-state index contributed by atoms with van der Waals surface area (Å²) < 4.78 is 11.2. The van der Waals surface area contributed by atoms with E-state index in [2.05, 4.69) is 17.1 Å². The molecule has 3 rings (SSSR count). The third-order valence-corrected chi connectivity index (χ3v) is 4.25. The number of ether oxygens (including phenoxy) is 1. The topological polar surface area (TPSA) is 68.5 Å². The Balaban J connectivity index is 1.63. The number of likely N-dealkylation sites (N-methyl/N-ethyl adjacent to an activating group) is 1. The first kappa shape index (κ1) is 18.6. The molecule has 0 N–H and O–H groups in total. The van der Waals surface area contributed by atoms with Crippen LogP contribution in [0.25, 0.3) is 11.4 Å². The molecule has 0 radical (unpaired) electrons. The van der Waals surface area contributed by atoms with Crippen LogP contribution in [0.2, 0.25) is 0 Å². The molecule has 0 fully saturated rings. The number of carbonyl (C=O) groups is 1. The highest BCUT2D eigenvalue weighted by Crippen LogP contribution is 2.20. The Morgan fingerprint density at radius 2 is 1.85 bits per heavy atom. The van der Waals surface area contributed by atoms with Crippen molar-refractivity contribution in [1.82, 2.24) is 15.0 Å². The van der Waals surface area contributed by atoms with Gasteiger partial charge in [-0.3, -0.25) is 4.79 Å². The van der Waals surface area contributed by atoms with Crippen molar-refractivity contribution in [3.05, 3.63) is 66.1 Å². The second-order valence-electron chi connectivity index (χ2n) is 6.29. The zero-order valence-electron chi connectivity index (χ0n) is 15.8. The predicted octanol–water partition coefficient (Wildman–Crippen LogP) is 3.72. The van der Waals surface area contributed by atoms with Crippen LogP contribution in [-0.2, 0) is 17.8 Å². The highest BCUT2D eigenvalue weighted by Gasteiger charge is 2.22. The molecular weight excluding hydrogens is 342 g/mol. The van der Waals surface area contributed by atoms with Crippen LogP contribution < -0.4 is 4.74 Å². The van der Waals surface area contributed by atoms with Gasteiger partial charge in [-0.2, -0.15) is 4.98 Å². The molecule has 3 aromatic rings. The van der Waals surface area contributed by atoms with Gasteiger partial charge in [0.05, 0.1) is 6.54 Å². The van der Waals surface area contributed by atoms with Crippen molar-refractivity contribution in [2.45, 2.75) is 32.9 Å². The lowest BCUT2D eigenvalue weighted by Gasteiger charge is -2.21. The number of benzene rings is 2. The zero-order chi connectivity index (χ0) is 19.2. The molecule has 0 saturated heterocycles. The van der Waals surface area contributed by atoms with E-state index >= 15 is 0 Å². The SMILES string of the molecule is CCc1ccccc1O[C@@H](C)C(=O)N(C)Cc1nc(-c2ccccc2)no1. The van der Waals surface area contributed by atoms with Crippen molar-refractivity contribution in [2.24, 2.45) is 0 Å². The van der Waals surface area contributed by atoms with E-state index in [-0.39, 0.29) is 12.5 Å². The molecule has 0 saturated carbocycles. The Labute approximate surface area is 158 Å². The van der Waals surface area contributed by atoms with Gasteiger partial charge in [-0.25, -0.2) is 0 Å². The van der Waals surface area contributed by atoms with E-state index < -0.39 is 6.10 Å². The van der Waals surface area contributed by atoms with Crippen LogP contribution in [0.4, 0.5) is 0 Å². The fourth-order valence-corrected chi connectivity index (χ4v) is 2.77. The van der Waals surface area contributed by atoms with E-state index in [1.807, 2.05) is 54.6 Å². The third kappa shape index (κ3) is 4.53. The minimum atomic E-state index is -0.612. The Kier molecular flexibility index (Phi) is 5.86. The van der Waals surface area contributed by atoms with Crippen molar-refractivity contribution >= 4 is 5.91 Å². The maximum absolute atomic E-state index is 12.6. The van der Waals surface area contributed by atoms with Crippen LogP contribution in [0.15, 0.2) is 59.1 Å². The van der Waals surface area contributed by atoms with Gasteiger partial charge in [-0.15, -0.1) is 0 Å². The number of aromatic nitrogens is 2. The van der Waals surface area contributed by atoms with Crippen molar-refractivity contribution in [1.29, 1.82) is 0 Å². The molecular formula is C21H23N3O3. The maximum atomic E-state index is 12.6. The van der Waals surface area contributed by atoms with Crippen LogP contribution in [0.5, 0.6) is 5.75 Å². The number of carbonyl (C=O) groups excluding carboxylic acids is 1. The molecule has 0 spiro atoms. The fourth-order valence-electron chi connectivity index (χ4n) is 2.77. The standard InChI is InChI=1S/C21H23N3O3/c1-4-16-10-8-9-13-18(16)26-15(2)21(25)24(3)14-19-22-20(23-27-19)17-11-6-5-7-12-17/h5-13,15H,4,14H2,1-3H3/t15-/m0/s1. The van der Waals surface area contributed by atoms with Gasteiger partial charge in [-0.1, -0.05) is 60.6 Å². The van der Waals surface area contributed by atoms with Gasteiger partial charge < -0.3 is 14.2 Å². The number of para-hydroxylation sites is 1. The summed E-state index contributed by atoms with van der Waals surface area (Å²) >= 11 is 0. The van der Waals surface area contributed by atoms with Crippen molar-refractivity contribution in [3.8, 4) is 17.1 Å². The molecule has 6 heteroatoms. The summed E-state index contributed by atoms with van der Waals surface area (Å²) in [5.74, 6) is 1.47. The molecule has 0 bridgehead atoms. The minimum absolute atomic E-state index is 0.152. The molecule has 0 aliphatic rings. The van der Waals surface area contributed by atoms with Gasteiger partial charge in [0.25, 0.3) is 5.91 Å². The van der Waals surface area contributed by atoms with Crippen LogP contribution in [0, 0.1) is 0 Å². The van der Waals surface area contributed by atoms with Crippen molar-refractivity contribution < 1.29 is 14.1 Å². The van der Waals surface area contributed by atoms with Crippen LogP contribution in [0.3, 0.4) is 0 Å². The number of hydrogen-bond acceptors (Lipinski definition) is 5. The number of hydrogen-bond donors (Lipinski definition) is 0. The molecule has 6 nitrogen and oxygen atoms in total. The molecule has 1 atom stereocenters. The van der Waals surface area contributed by atoms with Gasteiger partial charge in [-0.05, 0) is 25.0 Å². The minimum Gasteiger partial charge on any atom is -0.481 e. The number of aryl methyl sites for hydroxylation is 1. The summed E-state index contributed by atoms with van der Waals surface area (Å²) in [6, 6.07) is 17.3. The van der Waals surface area contributed by atoms with Gasteiger partial charge >= 0.3 is 0 Å². The summed E-state index contributed by atoms with van der Waals surface area (Å²) in [5.41, 5.74) is 1.94. The molecule has 0 aliphatic heterocycles. The zero-order valence-corrected chi connectivity index (χ0v) is 15.8. The lowest BCUT2D eigenvalue weighted by molar-refractivity contribution is -0.137. The second-order valence-corrected chi connectivity index (χ2v) is 6.29. The molecule has 1 aromatic heterocycles. The smallest absolute Gasteiger partial charge is 0.263 e. The largest absolute Gasteiger partial charge is 0.481 e. The monoisotopic (exact) mass is 365 g/mol. The van der Waals surface area contributed by atoms with Crippen LogP contribution in [0.1, 0.15) is 25.3 Å². The molecule has 140 valence electrons. The Morgan fingerprint density at radius 3 is 2.59 bits per heavy atom. The first-order chi connectivity index (χ1) is 13.1. The summed E-state index contributed by atoms with van der Waals surface area (Å²) in [7, 11) is 1.69. The highest BCUT2D eigenvalue weighted by atomic mass is 16.5. The van der Waals surface area contributed by atoms with E-state index in [0.29, 0.717) is 11.7 Å². The molecule has 1 heterocycles. The number of amides is 1. The maximum Gasteiger partial charge on any atom is 0.263 e. The summed E-state index contributed by atoms with van der Waals surface area (Å²) in [6.07, 6.45) is 0.233. The quantitative estimate of drug-likeness (QED) is 0.638. The first-order valence-corrected chi connectivity index (χ1v) is 8.96. The summed E-state index contributed by atoms with van der Waals surface area (Å²) in [5, 5.41) is 3.98. The predicted molar refractivity (Wildman–Crippen MR) is 102 cm³/mol. The highest BCUT2D eigenvalue weighted by molar-refractivity contribution is 5.80. The van der Waals surface area contributed by atoms with Crippen LogP contribution >= 0.6 is 0 Å². The Hall–Kier alpha value is -3.15. The third-order valence-electron chi connectivity index (χ3n) is 4.25. The normalized spacial score (nSPS) is 11.8. The van der Waals surface area contributed by atoms with E-state index in [1.165, 1.54) is 4.90 Å². The molecule has 27 heavy (non-hydrogen) atoms. The molecule has 1 amide bonds. The van der Waals surface area contributed by atoms with Gasteiger partial charge in [0.2, 0.25) is 11.7 Å². The van der Waals surface area contributed by atoms with Crippen molar-refractivity contribution in [2.75, 3.05) is 7.05 Å². The Bertz CT molecular complexity index is 892. The second kappa shape index (κ2) is 8.49. The summed E-state index contributed by atoms with van der Waals surface area (Å²) in [6.45, 7) is 4.02. The lowest BCUT2D eigenvalue weighted by atomic mass is 10.1. The van der Waals surface area contributed by atoms with Gasteiger partial charge in [0.15, 0.2) is 6.10 Å². The van der Waals surface area contributed by atoms with E-state index in [4.69, 9.17) is 9.26 Å². The fraction of sp³-hybridized carbons (Fsp3) is 0.286. The van der Waals surface area contributed by atoms with E-state index in [0.717, 1.165) is 23.3 Å². The van der Waals surface area contributed by atoms with Gasteiger partial charge in [0, 0.05) is 12.6 Å². The Morgan fingerprint density at radius 1 is 1.15 bits per heavy atom. The van der Waals surface area contributed by atoms with Gasteiger partial charge in [0.1, 0.15) is 5.75 Å². The van der Waals surface area contributed by atoms with Crippen molar-refractivity contribution in [3.63, 3.8) is 0 Å². The van der Waals surface area contributed by atoms with E-state index in [9.17, 15) is 4.79 Å². The molecule has 0 aliphatic carbocycles.